The molecular formula is C8H15Cl2O4P. The van der Waals surface area contributed by atoms with Gasteiger partial charge in [-0.25, -0.2) is 4.57 Å². The van der Waals surface area contributed by atoms with Gasteiger partial charge in [0.15, 0.2) is 0 Å². The van der Waals surface area contributed by atoms with E-state index in [4.69, 9.17) is 36.8 Å². The number of phosphoric ester groups is 1. The highest BCUT2D eigenvalue weighted by Crippen LogP contribution is 2.53. The summed E-state index contributed by atoms with van der Waals surface area (Å²) in [5.41, 5.74) is 0.946. The summed E-state index contributed by atoms with van der Waals surface area (Å²) < 4.78 is 26.9. The van der Waals surface area contributed by atoms with Crippen LogP contribution < -0.4 is 0 Å². The van der Waals surface area contributed by atoms with Crippen LogP contribution in [0.5, 0.6) is 0 Å². The van der Waals surface area contributed by atoms with Crippen molar-refractivity contribution in [3.63, 3.8) is 0 Å². The van der Waals surface area contributed by atoms with Gasteiger partial charge in [-0.3, -0.25) is 9.05 Å². The van der Waals surface area contributed by atoms with E-state index < -0.39 is 7.82 Å². The summed E-state index contributed by atoms with van der Waals surface area (Å²) in [6, 6.07) is 0. The summed E-state index contributed by atoms with van der Waals surface area (Å²) >= 11 is 10.8. The normalized spacial score (nSPS) is 13.7. The largest absolute Gasteiger partial charge is 0.531 e. The lowest BCUT2D eigenvalue weighted by molar-refractivity contribution is 0.0917. The Kier molecular flexibility index (Phi) is 6.89. The van der Waals surface area contributed by atoms with Crippen LogP contribution in [0.3, 0.4) is 0 Å². The quantitative estimate of drug-likeness (QED) is 0.538. The fraction of sp³-hybridized carbons (Fsp3) is 0.750. The van der Waals surface area contributed by atoms with Crippen LogP contribution in [0.25, 0.3) is 0 Å². The van der Waals surface area contributed by atoms with E-state index in [9.17, 15) is 4.57 Å². The zero-order valence-corrected chi connectivity index (χ0v) is 11.5. The minimum Gasteiger partial charge on any atom is -0.391 e. The Bertz CT molecular complexity index is 251. The molecule has 15 heavy (non-hydrogen) atoms. The molecule has 0 rings (SSSR count). The monoisotopic (exact) mass is 276 g/mol. The molecule has 0 amide bonds. The van der Waals surface area contributed by atoms with E-state index in [0.29, 0.717) is 0 Å². The molecule has 90 valence electrons. The van der Waals surface area contributed by atoms with Crippen LogP contribution in [0, 0.1) is 0 Å². The maximum Gasteiger partial charge on any atom is 0.531 e. The maximum absolute atomic E-state index is 12.0. The second-order valence-electron chi connectivity index (χ2n) is 3.26. The van der Waals surface area contributed by atoms with Crippen molar-refractivity contribution in [2.45, 2.75) is 39.9 Å². The molecule has 0 aliphatic carbocycles. The topological polar surface area (TPSA) is 44.8 Å². The molecule has 0 aromatic rings. The zero-order valence-electron chi connectivity index (χ0n) is 9.07. The van der Waals surface area contributed by atoms with Gasteiger partial charge >= 0.3 is 7.82 Å². The first-order chi connectivity index (χ1) is 6.79. The first-order valence-corrected chi connectivity index (χ1v) is 6.69. The highest BCUT2D eigenvalue weighted by atomic mass is 35.5. The summed E-state index contributed by atoms with van der Waals surface area (Å²) in [6.45, 7) is 6.83. The minimum atomic E-state index is -3.69. The van der Waals surface area contributed by atoms with Crippen molar-refractivity contribution in [1.29, 1.82) is 0 Å². The molecule has 0 bridgehead atoms. The summed E-state index contributed by atoms with van der Waals surface area (Å²) in [5, 5.41) is -0.235. The molecule has 0 atom stereocenters. The fourth-order valence-electron chi connectivity index (χ4n) is 0.711. The summed E-state index contributed by atoms with van der Waals surface area (Å²) in [6.07, 6.45) is -0.622. The van der Waals surface area contributed by atoms with E-state index in [1.165, 1.54) is 0 Å². The Balaban J connectivity index is 4.62. The van der Waals surface area contributed by atoms with Gasteiger partial charge in [0.25, 0.3) is 0 Å². The van der Waals surface area contributed by atoms with Crippen molar-refractivity contribution >= 4 is 31.0 Å². The molecule has 0 saturated carbocycles. The molecule has 0 saturated heterocycles. The van der Waals surface area contributed by atoms with E-state index in [1.807, 2.05) is 0 Å². The summed E-state index contributed by atoms with van der Waals surface area (Å²) in [5.74, 6) is 0. The van der Waals surface area contributed by atoms with Crippen LogP contribution in [0.15, 0.2) is 10.8 Å². The molecular weight excluding hydrogens is 262 g/mol. The molecule has 0 N–H and O–H groups in total. The smallest absolute Gasteiger partial charge is 0.391 e. The minimum absolute atomic E-state index is 0.235. The van der Waals surface area contributed by atoms with E-state index in [1.54, 1.807) is 27.7 Å². The molecule has 7 heteroatoms. The standard InChI is InChI=1S/C8H15Cl2O4P/c1-6(2)12-15(11,13-7(3)4)14-8(10)5-9/h5-7H,1-4H3/b8-5+. The maximum atomic E-state index is 12.0. The number of hydrogen-bond donors (Lipinski definition) is 0. The van der Waals surface area contributed by atoms with Crippen LogP contribution in [0.2, 0.25) is 0 Å². The van der Waals surface area contributed by atoms with E-state index in [-0.39, 0.29) is 17.4 Å². The van der Waals surface area contributed by atoms with Crippen LogP contribution in [-0.2, 0) is 18.1 Å². The molecule has 0 aromatic carbocycles. The van der Waals surface area contributed by atoms with Gasteiger partial charge < -0.3 is 4.52 Å². The van der Waals surface area contributed by atoms with Gasteiger partial charge in [-0.15, -0.1) is 0 Å². The summed E-state index contributed by atoms with van der Waals surface area (Å²) in [7, 11) is -3.69. The Labute approximate surface area is 100 Å². The second kappa shape index (κ2) is 6.77. The third-order valence-corrected chi connectivity index (χ3v) is 3.35. The van der Waals surface area contributed by atoms with Gasteiger partial charge in [-0.1, -0.05) is 11.6 Å². The van der Waals surface area contributed by atoms with Crippen LogP contribution in [0.1, 0.15) is 27.7 Å². The molecule has 0 aliphatic heterocycles. The van der Waals surface area contributed by atoms with Crippen molar-refractivity contribution < 1.29 is 18.1 Å². The number of halogens is 2. The SMILES string of the molecule is CC(C)OP(=O)(O/C(Cl)=C/Cl)OC(C)C. The van der Waals surface area contributed by atoms with Crippen molar-refractivity contribution in [3.05, 3.63) is 10.8 Å². The molecule has 0 fully saturated rings. The lowest BCUT2D eigenvalue weighted by atomic mass is 10.5. The molecule has 0 aromatic heterocycles. The van der Waals surface area contributed by atoms with Crippen molar-refractivity contribution in [1.82, 2.24) is 0 Å². The van der Waals surface area contributed by atoms with Crippen molar-refractivity contribution in [3.8, 4) is 0 Å². The lowest BCUT2D eigenvalue weighted by Crippen LogP contribution is -2.09. The van der Waals surface area contributed by atoms with Crippen LogP contribution in [-0.4, -0.2) is 12.2 Å². The van der Waals surface area contributed by atoms with Gasteiger partial charge in [0, 0.05) is 0 Å². The molecule has 0 radical (unpaired) electrons. The fourth-order valence-corrected chi connectivity index (χ4v) is 2.51. The van der Waals surface area contributed by atoms with Gasteiger partial charge in [-0.05, 0) is 39.3 Å². The van der Waals surface area contributed by atoms with Gasteiger partial charge in [-0.2, -0.15) is 0 Å². The first-order valence-electron chi connectivity index (χ1n) is 4.41. The Hall–Kier alpha value is 0.270. The van der Waals surface area contributed by atoms with E-state index in [2.05, 4.69) is 0 Å². The molecule has 0 heterocycles. The number of hydrogen-bond acceptors (Lipinski definition) is 4. The Morgan fingerprint density at radius 3 is 1.87 bits per heavy atom. The van der Waals surface area contributed by atoms with Crippen molar-refractivity contribution in [2.75, 3.05) is 0 Å². The molecule has 0 unspecified atom stereocenters. The first kappa shape index (κ1) is 15.3. The Morgan fingerprint density at radius 1 is 1.20 bits per heavy atom. The summed E-state index contributed by atoms with van der Waals surface area (Å²) in [4.78, 5) is 0. The van der Waals surface area contributed by atoms with Gasteiger partial charge in [0.05, 0.1) is 17.7 Å². The van der Waals surface area contributed by atoms with E-state index in [0.717, 1.165) is 5.54 Å². The third kappa shape index (κ3) is 7.20. The van der Waals surface area contributed by atoms with E-state index >= 15 is 0 Å². The average molecular weight is 277 g/mol. The van der Waals surface area contributed by atoms with Gasteiger partial charge in [0.2, 0.25) is 5.22 Å². The molecule has 0 aliphatic rings. The Morgan fingerprint density at radius 2 is 1.60 bits per heavy atom. The zero-order chi connectivity index (χ0) is 12.1. The predicted molar refractivity (Wildman–Crippen MR) is 60.9 cm³/mol. The van der Waals surface area contributed by atoms with Crippen molar-refractivity contribution in [2.24, 2.45) is 0 Å². The average Bonchev–Trinajstić information content (AvgIpc) is 1.99. The van der Waals surface area contributed by atoms with Gasteiger partial charge in [0.1, 0.15) is 0 Å². The van der Waals surface area contributed by atoms with Crippen LogP contribution in [0.4, 0.5) is 0 Å². The highest BCUT2D eigenvalue weighted by Gasteiger charge is 2.31. The lowest BCUT2D eigenvalue weighted by Gasteiger charge is -2.21. The highest BCUT2D eigenvalue weighted by molar-refractivity contribution is 7.48. The third-order valence-electron chi connectivity index (χ3n) is 0.965. The number of phosphoric acid groups is 1. The predicted octanol–water partition coefficient (Wildman–Crippen LogP) is 4.24. The molecule has 4 nitrogen and oxygen atoms in total. The number of rotatable bonds is 6. The molecule has 0 spiro atoms. The van der Waals surface area contributed by atoms with Crippen LogP contribution >= 0.6 is 31.0 Å². The second-order valence-corrected chi connectivity index (χ2v) is 5.35.